The van der Waals surface area contributed by atoms with Gasteiger partial charge in [0.05, 0.1) is 0 Å². The van der Waals surface area contributed by atoms with Crippen molar-refractivity contribution in [2.45, 2.75) is 58.3 Å². The van der Waals surface area contributed by atoms with Crippen LogP contribution in [-0.2, 0) is 0 Å². The van der Waals surface area contributed by atoms with Gasteiger partial charge in [-0.1, -0.05) is 119 Å². The van der Waals surface area contributed by atoms with Gasteiger partial charge in [0.2, 0.25) is 0 Å². The van der Waals surface area contributed by atoms with Crippen LogP contribution in [0.2, 0.25) is 0 Å². The molecule has 198 valence electrons. The maximum absolute atomic E-state index is 4.27. The summed E-state index contributed by atoms with van der Waals surface area (Å²) in [6, 6.07) is 38.8. The topological polar surface area (TPSA) is 15.3 Å². The van der Waals surface area contributed by atoms with Crippen LogP contribution in [-0.4, -0.2) is 11.9 Å². The first-order valence-corrected chi connectivity index (χ1v) is 14.6. The largest absolute Gasteiger partial charge is 0.302 e. The van der Waals surface area contributed by atoms with Gasteiger partial charge in [-0.3, -0.25) is 4.90 Å². The van der Waals surface area contributed by atoms with E-state index in [0.717, 1.165) is 0 Å². The molecule has 7 atom stereocenters. The van der Waals surface area contributed by atoms with E-state index in [1.807, 2.05) is 0 Å². The van der Waals surface area contributed by atoms with Crippen molar-refractivity contribution in [3.8, 4) is 0 Å². The molecule has 0 amide bonds. The van der Waals surface area contributed by atoms with E-state index < -0.39 is 0 Å². The monoisotopic (exact) mass is 512 g/mol. The lowest BCUT2D eigenvalue weighted by Gasteiger charge is -2.55. The smallest absolute Gasteiger partial charge is 0.0432 e. The zero-order valence-corrected chi connectivity index (χ0v) is 23.9. The zero-order valence-electron chi connectivity index (χ0n) is 23.9. The summed E-state index contributed by atoms with van der Waals surface area (Å²) < 4.78 is 0. The van der Waals surface area contributed by atoms with Crippen LogP contribution in [0, 0.1) is 44.9 Å². The quantitative estimate of drug-likeness (QED) is 0.295. The van der Waals surface area contributed by atoms with Crippen LogP contribution >= 0.6 is 0 Å². The molecule has 2 aliphatic heterocycles. The molecule has 4 aromatic rings. The summed E-state index contributed by atoms with van der Waals surface area (Å²) in [4.78, 5) is 2.74. The minimum atomic E-state index is 0.102. The molecule has 3 fully saturated rings. The third-order valence-electron chi connectivity index (χ3n) is 10.4. The Balaban J connectivity index is 1.43. The molecule has 0 bridgehead atoms. The fraction of sp³-hybridized carbons (Fsp3) is 0.351. The second-order valence-corrected chi connectivity index (χ2v) is 12.7. The lowest BCUT2D eigenvalue weighted by molar-refractivity contribution is -0.0429. The van der Waals surface area contributed by atoms with Gasteiger partial charge in [-0.2, -0.15) is 0 Å². The summed E-state index contributed by atoms with van der Waals surface area (Å²) in [6.07, 6.45) is 1.25. The Morgan fingerprint density at radius 3 is 1.51 bits per heavy atom. The molecule has 2 heteroatoms. The molecule has 39 heavy (non-hydrogen) atoms. The fourth-order valence-corrected chi connectivity index (χ4v) is 8.60. The molecule has 2 heterocycles. The predicted molar refractivity (Wildman–Crippen MR) is 161 cm³/mol. The van der Waals surface area contributed by atoms with Crippen molar-refractivity contribution >= 4 is 0 Å². The molecular weight excluding hydrogens is 472 g/mol. The van der Waals surface area contributed by atoms with Gasteiger partial charge in [0, 0.05) is 29.6 Å². The van der Waals surface area contributed by atoms with E-state index in [1.165, 1.54) is 50.9 Å². The van der Waals surface area contributed by atoms with Crippen LogP contribution in [0.15, 0.2) is 97.1 Å². The molecule has 7 rings (SSSR count). The second kappa shape index (κ2) is 9.18. The molecule has 1 saturated carbocycles. The molecule has 1 N–H and O–H groups in total. The van der Waals surface area contributed by atoms with E-state index in [0.29, 0.717) is 30.0 Å². The highest BCUT2D eigenvalue weighted by Gasteiger charge is 2.75. The summed E-state index contributed by atoms with van der Waals surface area (Å²) >= 11 is 0. The van der Waals surface area contributed by atoms with Crippen LogP contribution in [0.3, 0.4) is 0 Å². The van der Waals surface area contributed by atoms with Gasteiger partial charge in [-0.05, 0) is 75.3 Å². The van der Waals surface area contributed by atoms with Gasteiger partial charge in [0.25, 0.3) is 0 Å². The van der Waals surface area contributed by atoms with Crippen LogP contribution in [0.5, 0.6) is 0 Å². The number of hydrogen-bond acceptors (Lipinski definition) is 2. The van der Waals surface area contributed by atoms with Crippen molar-refractivity contribution in [1.82, 2.24) is 10.2 Å². The molecule has 2 saturated heterocycles. The number of nitrogens with zero attached hydrogens (tertiary/aromatic N) is 1. The first kappa shape index (κ1) is 24.8. The van der Waals surface area contributed by atoms with E-state index in [1.54, 1.807) is 0 Å². The number of nitrogens with one attached hydrogen (secondary N) is 1. The average molecular weight is 513 g/mol. The van der Waals surface area contributed by atoms with Gasteiger partial charge in [-0.25, -0.2) is 0 Å². The zero-order chi connectivity index (χ0) is 26.9. The SMILES string of the molecule is Cc1ccc([C@H]2N[C@@H](c3ccc(C)cc3)C34[C@@H]2C[C@H]3[C@H](c2ccc(C)cc2)N(C)[C@H]4c2ccc(C)cc2)cc1. The van der Waals surface area contributed by atoms with Crippen molar-refractivity contribution in [3.63, 3.8) is 0 Å². The molecule has 0 aromatic heterocycles. The Kier molecular flexibility index (Phi) is 5.84. The first-order chi connectivity index (χ1) is 18.9. The maximum Gasteiger partial charge on any atom is 0.0432 e. The summed E-state index contributed by atoms with van der Waals surface area (Å²) in [6.45, 7) is 8.77. The number of likely N-dealkylation sites (tertiary alicyclic amines) is 1. The average Bonchev–Trinajstić information content (AvgIpc) is 3.29. The van der Waals surface area contributed by atoms with E-state index in [2.05, 4.69) is 142 Å². The standard InChI is InChI=1S/C37H40N2/c1-23-6-14-27(15-7-23)33-31-22-32-34(28-16-8-24(2)9-17-28)39(5)36(30-20-12-26(4)13-21-30)37(31,32)35(38-33)29-18-10-25(3)11-19-29/h6-21,31-36,38H,22H2,1-5H3/t31-,32+,33-,34+,35+,36+,37?/m1/s1. The van der Waals surface area contributed by atoms with Gasteiger partial charge in [0.1, 0.15) is 0 Å². The third-order valence-corrected chi connectivity index (χ3v) is 10.4. The fourth-order valence-electron chi connectivity index (χ4n) is 8.60. The Morgan fingerprint density at radius 1 is 0.564 bits per heavy atom. The van der Waals surface area contributed by atoms with Gasteiger partial charge in [-0.15, -0.1) is 0 Å². The maximum atomic E-state index is 4.27. The van der Waals surface area contributed by atoms with E-state index >= 15 is 0 Å². The summed E-state index contributed by atoms with van der Waals surface area (Å²) in [7, 11) is 2.39. The van der Waals surface area contributed by atoms with Gasteiger partial charge >= 0.3 is 0 Å². The lowest BCUT2D eigenvalue weighted by atomic mass is 9.46. The molecule has 2 nitrogen and oxygen atoms in total. The lowest BCUT2D eigenvalue weighted by Crippen LogP contribution is -2.51. The Hall–Kier alpha value is -3.20. The van der Waals surface area contributed by atoms with Crippen molar-refractivity contribution in [2.24, 2.45) is 17.3 Å². The molecule has 1 unspecified atom stereocenters. The molecule has 1 aliphatic carbocycles. The Morgan fingerprint density at radius 2 is 1.00 bits per heavy atom. The first-order valence-electron chi connectivity index (χ1n) is 14.6. The second-order valence-electron chi connectivity index (χ2n) is 12.7. The molecule has 3 aliphatic rings. The molecule has 0 radical (unpaired) electrons. The Labute approximate surface area is 234 Å². The number of aryl methyl sites for hydroxylation is 4. The molecule has 1 spiro atoms. The molecule has 4 aromatic carbocycles. The van der Waals surface area contributed by atoms with Gasteiger partial charge < -0.3 is 5.32 Å². The van der Waals surface area contributed by atoms with Crippen molar-refractivity contribution in [2.75, 3.05) is 7.05 Å². The van der Waals surface area contributed by atoms with E-state index in [4.69, 9.17) is 0 Å². The highest BCUT2D eigenvalue weighted by Crippen LogP contribution is 2.79. The third kappa shape index (κ3) is 3.68. The minimum absolute atomic E-state index is 0.102. The highest BCUT2D eigenvalue weighted by atomic mass is 15.3. The van der Waals surface area contributed by atoms with Crippen LogP contribution < -0.4 is 5.32 Å². The summed E-state index contributed by atoms with van der Waals surface area (Å²) in [5.74, 6) is 1.15. The Bertz CT molecular complexity index is 1470. The summed E-state index contributed by atoms with van der Waals surface area (Å²) in [5, 5.41) is 4.27. The van der Waals surface area contributed by atoms with Crippen LogP contribution in [0.4, 0.5) is 0 Å². The predicted octanol–water partition coefficient (Wildman–Crippen LogP) is 8.36. The normalized spacial score (nSPS) is 31.5. The van der Waals surface area contributed by atoms with E-state index in [9.17, 15) is 0 Å². The van der Waals surface area contributed by atoms with Gasteiger partial charge in [0.15, 0.2) is 0 Å². The van der Waals surface area contributed by atoms with Crippen LogP contribution in [0.25, 0.3) is 0 Å². The summed E-state index contributed by atoms with van der Waals surface area (Å²) in [5.41, 5.74) is 11.2. The van der Waals surface area contributed by atoms with Crippen molar-refractivity contribution in [3.05, 3.63) is 142 Å². The molecular formula is C37H40N2. The number of rotatable bonds is 4. The number of benzene rings is 4. The highest BCUT2D eigenvalue weighted by molar-refractivity contribution is 5.44. The van der Waals surface area contributed by atoms with Crippen molar-refractivity contribution in [1.29, 1.82) is 0 Å². The number of hydrogen-bond donors (Lipinski definition) is 1. The van der Waals surface area contributed by atoms with E-state index in [-0.39, 0.29) is 11.5 Å². The van der Waals surface area contributed by atoms with Crippen LogP contribution in [0.1, 0.15) is 75.1 Å². The minimum Gasteiger partial charge on any atom is -0.302 e. The van der Waals surface area contributed by atoms with Crippen molar-refractivity contribution < 1.29 is 0 Å².